The molecule has 3 nitrogen and oxygen atoms in total. The summed E-state index contributed by atoms with van der Waals surface area (Å²) >= 11 is 3.46. The zero-order chi connectivity index (χ0) is 11.9. The first kappa shape index (κ1) is 13.1. The summed E-state index contributed by atoms with van der Waals surface area (Å²) in [6.45, 7) is 5.69. The summed E-state index contributed by atoms with van der Waals surface area (Å²) in [5.41, 5.74) is 0. The molecule has 0 bridgehead atoms. The molecule has 0 spiro atoms. The van der Waals surface area contributed by atoms with Gasteiger partial charge in [-0.15, -0.1) is 0 Å². The molecule has 1 aliphatic rings. The molecule has 1 aromatic heterocycles. The van der Waals surface area contributed by atoms with Crippen molar-refractivity contribution in [3.63, 3.8) is 0 Å². The van der Waals surface area contributed by atoms with Crippen LogP contribution >= 0.6 is 15.9 Å². The van der Waals surface area contributed by atoms with E-state index in [0.717, 1.165) is 23.3 Å². The smallest absolute Gasteiger partial charge is 0.131 e. The fourth-order valence-electron chi connectivity index (χ4n) is 2.26. The third kappa shape index (κ3) is 4.45. The number of rotatable bonds is 6. The summed E-state index contributed by atoms with van der Waals surface area (Å²) in [7, 11) is 0. The van der Waals surface area contributed by atoms with Crippen molar-refractivity contribution in [2.45, 2.75) is 32.2 Å². The second-order valence-electron chi connectivity index (χ2n) is 4.62. The number of likely N-dealkylation sites (tertiary alicyclic amines) is 1. The number of nitrogens with one attached hydrogen (secondary N) is 1. The van der Waals surface area contributed by atoms with E-state index in [2.05, 4.69) is 26.1 Å². The van der Waals surface area contributed by atoms with Gasteiger partial charge in [0.15, 0.2) is 0 Å². The summed E-state index contributed by atoms with van der Waals surface area (Å²) in [6, 6.07) is 1.94. The van der Waals surface area contributed by atoms with E-state index in [1.165, 1.54) is 45.3 Å². The van der Waals surface area contributed by atoms with Gasteiger partial charge in [-0.05, 0) is 67.4 Å². The summed E-state index contributed by atoms with van der Waals surface area (Å²) in [5.74, 6) is 0.989. The fourth-order valence-corrected chi connectivity index (χ4v) is 2.61. The van der Waals surface area contributed by atoms with Gasteiger partial charge in [-0.1, -0.05) is 6.42 Å². The zero-order valence-electron chi connectivity index (χ0n) is 10.3. The summed E-state index contributed by atoms with van der Waals surface area (Å²) in [6.07, 6.45) is 7.12. The molecule has 0 saturated carbocycles. The van der Waals surface area contributed by atoms with Crippen molar-refractivity contribution in [1.29, 1.82) is 0 Å². The standard InChI is InChI=1S/C13H21BrN2O/c14-12-5-10-17-13(12)11-15-6-4-9-16-7-2-1-3-8-16/h5,10,15H,1-4,6-9,11H2. The monoisotopic (exact) mass is 300 g/mol. The summed E-state index contributed by atoms with van der Waals surface area (Å²) in [4.78, 5) is 2.58. The molecule has 0 aromatic carbocycles. The van der Waals surface area contributed by atoms with Crippen LogP contribution in [0.25, 0.3) is 0 Å². The van der Waals surface area contributed by atoms with Crippen molar-refractivity contribution in [3.05, 3.63) is 22.6 Å². The van der Waals surface area contributed by atoms with Crippen LogP contribution in [0.15, 0.2) is 21.2 Å². The molecule has 2 rings (SSSR count). The first-order valence-electron chi connectivity index (χ1n) is 6.51. The highest BCUT2D eigenvalue weighted by molar-refractivity contribution is 9.10. The van der Waals surface area contributed by atoms with Crippen LogP contribution in [0.1, 0.15) is 31.4 Å². The maximum Gasteiger partial charge on any atom is 0.131 e. The van der Waals surface area contributed by atoms with Gasteiger partial charge in [-0.2, -0.15) is 0 Å². The average molecular weight is 301 g/mol. The van der Waals surface area contributed by atoms with Crippen molar-refractivity contribution in [2.24, 2.45) is 0 Å². The van der Waals surface area contributed by atoms with Crippen LogP contribution in [0.5, 0.6) is 0 Å². The zero-order valence-corrected chi connectivity index (χ0v) is 11.8. The molecule has 4 heteroatoms. The summed E-state index contributed by atoms with van der Waals surface area (Å²) < 4.78 is 6.40. The van der Waals surface area contributed by atoms with Gasteiger partial charge in [0.25, 0.3) is 0 Å². The Balaban J connectivity index is 1.53. The van der Waals surface area contributed by atoms with Gasteiger partial charge in [0, 0.05) is 0 Å². The molecule has 1 saturated heterocycles. The van der Waals surface area contributed by atoms with E-state index in [-0.39, 0.29) is 0 Å². The molecular weight excluding hydrogens is 280 g/mol. The molecule has 1 N–H and O–H groups in total. The van der Waals surface area contributed by atoms with Gasteiger partial charge < -0.3 is 14.6 Å². The van der Waals surface area contributed by atoms with Crippen molar-refractivity contribution in [1.82, 2.24) is 10.2 Å². The quantitative estimate of drug-likeness (QED) is 0.819. The Labute approximate surface area is 112 Å². The Morgan fingerprint density at radius 3 is 2.82 bits per heavy atom. The molecule has 1 aromatic rings. The molecule has 0 unspecified atom stereocenters. The average Bonchev–Trinajstić information content (AvgIpc) is 2.76. The van der Waals surface area contributed by atoms with Crippen molar-refractivity contribution in [2.75, 3.05) is 26.2 Å². The maximum absolute atomic E-state index is 5.34. The largest absolute Gasteiger partial charge is 0.467 e. The van der Waals surface area contributed by atoms with Crippen LogP contribution in [-0.4, -0.2) is 31.1 Å². The van der Waals surface area contributed by atoms with Gasteiger partial charge in [-0.3, -0.25) is 0 Å². The number of hydrogen-bond donors (Lipinski definition) is 1. The second-order valence-corrected chi connectivity index (χ2v) is 5.48. The minimum absolute atomic E-state index is 0.813. The number of hydrogen-bond acceptors (Lipinski definition) is 3. The van der Waals surface area contributed by atoms with E-state index < -0.39 is 0 Å². The lowest BCUT2D eigenvalue weighted by Crippen LogP contribution is -2.32. The second kappa shape index (κ2) is 7.19. The van der Waals surface area contributed by atoms with Gasteiger partial charge in [0.2, 0.25) is 0 Å². The topological polar surface area (TPSA) is 28.4 Å². The SMILES string of the molecule is Brc1ccoc1CNCCCN1CCCCC1. The van der Waals surface area contributed by atoms with Gasteiger partial charge in [0.1, 0.15) is 5.76 Å². The minimum Gasteiger partial charge on any atom is -0.467 e. The van der Waals surface area contributed by atoms with E-state index in [1.807, 2.05) is 6.07 Å². The van der Waals surface area contributed by atoms with Gasteiger partial charge in [0.05, 0.1) is 17.3 Å². The highest BCUT2D eigenvalue weighted by Crippen LogP contribution is 2.16. The highest BCUT2D eigenvalue weighted by atomic mass is 79.9. The van der Waals surface area contributed by atoms with E-state index in [9.17, 15) is 0 Å². The molecule has 96 valence electrons. The van der Waals surface area contributed by atoms with Crippen LogP contribution < -0.4 is 5.32 Å². The van der Waals surface area contributed by atoms with E-state index >= 15 is 0 Å². The predicted molar refractivity (Wildman–Crippen MR) is 73.0 cm³/mol. The third-order valence-electron chi connectivity index (χ3n) is 3.25. The van der Waals surface area contributed by atoms with E-state index in [4.69, 9.17) is 4.42 Å². The molecule has 0 radical (unpaired) electrons. The molecule has 0 atom stereocenters. The number of halogens is 1. The van der Waals surface area contributed by atoms with Crippen molar-refractivity contribution < 1.29 is 4.42 Å². The van der Waals surface area contributed by atoms with E-state index in [1.54, 1.807) is 6.26 Å². The highest BCUT2D eigenvalue weighted by Gasteiger charge is 2.08. The van der Waals surface area contributed by atoms with Gasteiger partial charge in [-0.25, -0.2) is 0 Å². The Hall–Kier alpha value is -0.320. The predicted octanol–water partition coefficient (Wildman–Crippen LogP) is 3.01. The molecule has 2 heterocycles. The minimum atomic E-state index is 0.813. The Morgan fingerprint density at radius 1 is 1.29 bits per heavy atom. The molecule has 0 amide bonds. The normalized spacial score (nSPS) is 17.5. The Bertz CT molecular complexity index is 321. The van der Waals surface area contributed by atoms with E-state index in [0.29, 0.717) is 0 Å². The molecule has 17 heavy (non-hydrogen) atoms. The van der Waals surface area contributed by atoms with Crippen molar-refractivity contribution >= 4 is 15.9 Å². The summed E-state index contributed by atoms with van der Waals surface area (Å²) in [5, 5.41) is 3.42. The lowest BCUT2D eigenvalue weighted by Gasteiger charge is -2.26. The molecule has 1 aliphatic heterocycles. The van der Waals surface area contributed by atoms with Crippen LogP contribution in [0.3, 0.4) is 0 Å². The van der Waals surface area contributed by atoms with Crippen molar-refractivity contribution in [3.8, 4) is 0 Å². The lowest BCUT2D eigenvalue weighted by molar-refractivity contribution is 0.225. The maximum atomic E-state index is 5.34. The van der Waals surface area contributed by atoms with Crippen LogP contribution in [0, 0.1) is 0 Å². The molecular formula is C13H21BrN2O. The van der Waals surface area contributed by atoms with Gasteiger partial charge >= 0.3 is 0 Å². The molecule has 1 fully saturated rings. The van der Waals surface area contributed by atoms with Crippen LogP contribution in [0.4, 0.5) is 0 Å². The Morgan fingerprint density at radius 2 is 2.12 bits per heavy atom. The third-order valence-corrected chi connectivity index (χ3v) is 3.96. The van der Waals surface area contributed by atoms with Crippen LogP contribution in [-0.2, 0) is 6.54 Å². The Kier molecular flexibility index (Phi) is 5.55. The number of furan rings is 1. The molecule has 0 aliphatic carbocycles. The van der Waals surface area contributed by atoms with Crippen LogP contribution in [0.2, 0.25) is 0 Å². The first-order valence-corrected chi connectivity index (χ1v) is 7.30. The first-order chi connectivity index (χ1) is 8.36. The number of piperidine rings is 1. The fraction of sp³-hybridized carbons (Fsp3) is 0.692. The number of nitrogens with zero attached hydrogens (tertiary/aromatic N) is 1. The lowest BCUT2D eigenvalue weighted by atomic mass is 10.1.